The van der Waals surface area contributed by atoms with E-state index in [-0.39, 0.29) is 12.1 Å². The third-order valence-electron chi connectivity index (χ3n) is 5.67. The van der Waals surface area contributed by atoms with Crippen LogP contribution in [-0.2, 0) is 4.74 Å². The highest BCUT2D eigenvalue weighted by molar-refractivity contribution is 7.80. The largest absolute Gasteiger partial charge is 0.385 e. The van der Waals surface area contributed by atoms with E-state index in [0.717, 1.165) is 29.5 Å². The molecule has 2 aromatic heterocycles. The fourth-order valence-corrected chi connectivity index (χ4v) is 4.46. The van der Waals surface area contributed by atoms with Crippen LogP contribution in [0.4, 0.5) is 5.69 Å². The first-order valence-electron chi connectivity index (χ1n) is 10.5. The van der Waals surface area contributed by atoms with Gasteiger partial charge in [-0.05, 0) is 67.2 Å². The summed E-state index contributed by atoms with van der Waals surface area (Å²) in [6, 6.07) is 18.9. The first-order valence-corrected chi connectivity index (χ1v) is 10.9. The van der Waals surface area contributed by atoms with Crippen molar-refractivity contribution in [2.45, 2.75) is 18.5 Å². The van der Waals surface area contributed by atoms with Crippen LogP contribution in [-0.4, -0.2) is 53.9 Å². The predicted molar refractivity (Wildman–Crippen MR) is 129 cm³/mol. The molecular weight excluding hydrogens is 406 g/mol. The first kappa shape index (κ1) is 21.3. The molecule has 0 unspecified atom stereocenters. The Kier molecular flexibility index (Phi) is 6.53. The lowest BCUT2D eigenvalue weighted by Gasteiger charge is -2.29. The van der Waals surface area contributed by atoms with E-state index in [4.69, 9.17) is 17.0 Å². The van der Waals surface area contributed by atoms with Gasteiger partial charge in [-0.3, -0.25) is 4.98 Å². The van der Waals surface area contributed by atoms with Crippen LogP contribution >= 0.6 is 12.2 Å². The molecule has 0 bridgehead atoms. The number of pyridine rings is 1. The van der Waals surface area contributed by atoms with Crippen molar-refractivity contribution in [3.63, 3.8) is 0 Å². The lowest BCUT2D eigenvalue weighted by Crippen LogP contribution is -2.32. The quantitative estimate of drug-likeness (QED) is 0.427. The topological polar surface area (TPSA) is 45.6 Å². The lowest BCUT2D eigenvalue weighted by atomic mass is 10.0. The molecule has 0 radical (unpaired) electrons. The van der Waals surface area contributed by atoms with Crippen LogP contribution in [0.2, 0.25) is 0 Å². The molecule has 1 aliphatic heterocycles. The van der Waals surface area contributed by atoms with Crippen molar-refractivity contribution >= 4 is 23.0 Å². The van der Waals surface area contributed by atoms with Crippen molar-refractivity contribution in [2.75, 3.05) is 39.3 Å². The summed E-state index contributed by atoms with van der Waals surface area (Å²) in [7, 11) is 5.84. The molecule has 2 atom stereocenters. The highest BCUT2D eigenvalue weighted by Gasteiger charge is 2.40. The molecule has 3 heterocycles. The molecule has 1 fully saturated rings. The van der Waals surface area contributed by atoms with Crippen molar-refractivity contribution < 1.29 is 4.74 Å². The summed E-state index contributed by atoms with van der Waals surface area (Å²) in [6.07, 6.45) is 4.86. The zero-order chi connectivity index (χ0) is 21.8. The molecule has 1 aromatic carbocycles. The number of nitrogens with one attached hydrogen (secondary N) is 1. The minimum atomic E-state index is -0.0223. The van der Waals surface area contributed by atoms with E-state index < -0.39 is 0 Å². The van der Waals surface area contributed by atoms with Gasteiger partial charge in [-0.15, -0.1) is 0 Å². The van der Waals surface area contributed by atoms with Crippen molar-refractivity contribution in [1.82, 2.24) is 19.8 Å². The molecule has 3 aromatic rings. The summed E-state index contributed by atoms with van der Waals surface area (Å²) < 4.78 is 7.53. The fourth-order valence-electron chi connectivity index (χ4n) is 4.13. The normalized spacial score (nSPS) is 18.3. The minimum Gasteiger partial charge on any atom is -0.385 e. The Balaban J connectivity index is 1.73. The molecular formula is C24H29N5OS. The molecule has 7 heteroatoms. The monoisotopic (exact) mass is 435 g/mol. The summed E-state index contributed by atoms with van der Waals surface area (Å²) in [5, 5.41) is 4.28. The smallest absolute Gasteiger partial charge is 0.170 e. The number of aromatic nitrogens is 2. The first-order chi connectivity index (χ1) is 15.1. The van der Waals surface area contributed by atoms with E-state index in [0.29, 0.717) is 6.61 Å². The summed E-state index contributed by atoms with van der Waals surface area (Å²) >= 11 is 5.76. The number of anilines is 1. The Labute approximate surface area is 189 Å². The van der Waals surface area contributed by atoms with Gasteiger partial charge in [0.15, 0.2) is 5.11 Å². The second-order valence-corrected chi connectivity index (χ2v) is 8.27. The van der Waals surface area contributed by atoms with Crippen LogP contribution in [0, 0.1) is 0 Å². The molecule has 6 nitrogen and oxygen atoms in total. The number of nitrogens with zero attached hydrogens (tertiary/aromatic N) is 4. The van der Waals surface area contributed by atoms with Gasteiger partial charge in [0.25, 0.3) is 0 Å². The molecule has 0 saturated carbocycles. The Bertz CT molecular complexity index is 1000. The van der Waals surface area contributed by atoms with Gasteiger partial charge in [0.05, 0.1) is 17.8 Å². The van der Waals surface area contributed by atoms with E-state index in [1.807, 2.05) is 18.3 Å². The molecule has 162 valence electrons. The van der Waals surface area contributed by atoms with Gasteiger partial charge in [-0.1, -0.05) is 6.07 Å². The average Bonchev–Trinajstić information content (AvgIpc) is 3.39. The zero-order valence-electron chi connectivity index (χ0n) is 18.2. The van der Waals surface area contributed by atoms with Crippen LogP contribution in [0.5, 0.6) is 0 Å². The number of methoxy groups -OCH3 is 1. The Morgan fingerprint density at radius 1 is 1.10 bits per heavy atom. The van der Waals surface area contributed by atoms with E-state index >= 15 is 0 Å². The maximum Gasteiger partial charge on any atom is 0.170 e. The van der Waals surface area contributed by atoms with Crippen molar-refractivity contribution in [3.05, 3.63) is 78.4 Å². The standard InChI is InChI=1S/C24H29N5OS/c1-27(2)18-10-12-19(13-11-18)28-15-6-9-21(28)23-22(20-8-4-5-14-25-20)26-24(31)29(23)16-7-17-30-3/h4-6,8-15,22-23H,7,16-17H2,1-3H3,(H,26,31)/t22-,23-/m1/s1. The van der Waals surface area contributed by atoms with Crippen LogP contribution in [0.25, 0.3) is 5.69 Å². The maximum atomic E-state index is 5.76. The SMILES string of the molecule is COCCCN1C(=S)N[C@H](c2ccccn2)[C@H]1c1cccn1-c1ccc(N(C)C)cc1. The van der Waals surface area contributed by atoms with Gasteiger partial charge in [0.2, 0.25) is 0 Å². The zero-order valence-corrected chi connectivity index (χ0v) is 19.0. The fraction of sp³-hybridized carbons (Fsp3) is 0.333. The number of rotatable bonds is 8. The van der Waals surface area contributed by atoms with E-state index in [9.17, 15) is 0 Å². The van der Waals surface area contributed by atoms with Crippen molar-refractivity contribution in [3.8, 4) is 5.69 Å². The molecule has 1 saturated heterocycles. The van der Waals surface area contributed by atoms with Gasteiger partial charge in [-0.2, -0.15) is 0 Å². The minimum absolute atomic E-state index is 0.0223. The molecule has 0 spiro atoms. The van der Waals surface area contributed by atoms with Gasteiger partial charge in [0, 0.05) is 63.8 Å². The van der Waals surface area contributed by atoms with Gasteiger partial charge in [0.1, 0.15) is 0 Å². The highest BCUT2D eigenvalue weighted by atomic mass is 32.1. The van der Waals surface area contributed by atoms with E-state index in [2.05, 4.69) is 87.4 Å². The van der Waals surface area contributed by atoms with Crippen LogP contribution in [0.3, 0.4) is 0 Å². The molecule has 31 heavy (non-hydrogen) atoms. The molecule has 1 N–H and O–H groups in total. The number of benzene rings is 1. The van der Waals surface area contributed by atoms with Crippen LogP contribution in [0.1, 0.15) is 29.9 Å². The number of ether oxygens (including phenoxy) is 1. The summed E-state index contributed by atoms with van der Waals surface area (Å²) in [4.78, 5) is 9.01. The van der Waals surface area contributed by atoms with Crippen LogP contribution < -0.4 is 10.2 Å². The third kappa shape index (κ3) is 4.43. The molecule has 0 aliphatic carbocycles. The summed E-state index contributed by atoms with van der Waals surface area (Å²) in [6.45, 7) is 1.52. The number of hydrogen-bond acceptors (Lipinski definition) is 4. The Morgan fingerprint density at radius 2 is 1.90 bits per heavy atom. The lowest BCUT2D eigenvalue weighted by molar-refractivity contribution is 0.180. The molecule has 4 rings (SSSR count). The van der Waals surface area contributed by atoms with Crippen molar-refractivity contribution in [1.29, 1.82) is 0 Å². The van der Waals surface area contributed by atoms with Gasteiger partial charge >= 0.3 is 0 Å². The Morgan fingerprint density at radius 3 is 2.58 bits per heavy atom. The van der Waals surface area contributed by atoms with Gasteiger partial charge < -0.3 is 24.4 Å². The number of thiocarbonyl (C=S) groups is 1. The number of hydrogen-bond donors (Lipinski definition) is 1. The molecule has 1 aliphatic rings. The average molecular weight is 436 g/mol. The van der Waals surface area contributed by atoms with E-state index in [1.165, 1.54) is 11.4 Å². The summed E-state index contributed by atoms with van der Waals surface area (Å²) in [5.41, 5.74) is 4.46. The second kappa shape index (κ2) is 9.49. The Hall–Kier alpha value is -2.90. The highest BCUT2D eigenvalue weighted by Crippen LogP contribution is 2.39. The van der Waals surface area contributed by atoms with Crippen molar-refractivity contribution in [2.24, 2.45) is 0 Å². The van der Waals surface area contributed by atoms with E-state index in [1.54, 1.807) is 7.11 Å². The van der Waals surface area contributed by atoms with Crippen LogP contribution in [0.15, 0.2) is 67.0 Å². The third-order valence-corrected chi connectivity index (χ3v) is 6.03. The molecule has 0 amide bonds. The maximum absolute atomic E-state index is 5.76. The summed E-state index contributed by atoms with van der Waals surface area (Å²) in [5.74, 6) is 0. The predicted octanol–water partition coefficient (Wildman–Crippen LogP) is 3.95. The van der Waals surface area contributed by atoms with Gasteiger partial charge in [-0.25, -0.2) is 0 Å². The second-order valence-electron chi connectivity index (χ2n) is 7.88.